The number of hydrogen-bond acceptors (Lipinski definition) is 2. The zero-order valence-corrected chi connectivity index (χ0v) is 12.8. The highest BCUT2D eigenvalue weighted by Crippen LogP contribution is 2.19. The van der Waals surface area contributed by atoms with Crippen LogP contribution in [0.4, 0.5) is 16.4 Å². The minimum atomic E-state index is -0.323. The van der Waals surface area contributed by atoms with E-state index in [1.165, 1.54) is 11.1 Å². The Morgan fingerprint density at radius 2 is 1.68 bits per heavy atom. The Labute approximate surface area is 128 Å². The van der Waals surface area contributed by atoms with Crippen LogP contribution in [0.3, 0.4) is 0 Å². The lowest BCUT2D eigenvalue weighted by molar-refractivity contribution is 0.262. The van der Waals surface area contributed by atoms with Crippen LogP contribution in [0.15, 0.2) is 36.4 Å². The van der Waals surface area contributed by atoms with Crippen molar-refractivity contribution >= 4 is 28.7 Å². The molecule has 5 nitrogen and oxygen atoms in total. The number of H-pyrrole nitrogens is 1. The van der Waals surface area contributed by atoms with Gasteiger partial charge in [0.2, 0.25) is 5.95 Å². The Morgan fingerprint density at radius 1 is 1.00 bits per heavy atom. The van der Waals surface area contributed by atoms with Gasteiger partial charge in [-0.05, 0) is 56.2 Å². The van der Waals surface area contributed by atoms with Crippen LogP contribution in [0, 0.1) is 20.8 Å². The molecule has 3 aromatic rings. The van der Waals surface area contributed by atoms with Crippen LogP contribution in [-0.2, 0) is 0 Å². The number of nitrogens with zero attached hydrogens (tertiary/aromatic N) is 1. The van der Waals surface area contributed by atoms with Gasteiger partial charge in [0.05, 0.1) is 11.0 Å². The number of carbonyl (C=O) groups excluding carboxylic acids is 1. The number of anilines is 2. The summed E-state index contributed by atoms with van der Waals surface area (Å²) in [6, 6.07) is 11.3. The van der Waals surface area contributed by atoms with Gasteiger partial charge in [-0.3, -0.25) is 5.32 Å². The molecule has 5 heteroatoms. The molecule has 0 saturated heterocycles. The number of imidazole rings is 1. The van der Waals surface area contributed by atoms with E-state index in [0.717, 1.165) is 22.3 Å². The lowest BCUT2D eigenvalue weighted by atomic mass is 10.1. The summed E-state index contributed by atoms with van der Waals surface area (Å²) in [5.41, 5.74) is 6.00. The van der Waals surface area contributed by atoms with E-state index in [0.29, 0.717) is 5.95 Å². The highest BCUT2D eigenvalue weighted by atomic mass is 16.2. The Kier molecular flexibility index (Phi) is 3.55. The maximum Gasteiger partial charge on any atom is 0.326 e. The summed E-state index contributed by atoms with van der Waals surface area (Å²) in [5, 5.41) is 5.49. The van der Waals surface area contributed by atoms with Gasteiger partial charge >= 0.3 is 6.03 Å². The van der Waals surface area contributed by atoms with Gasteiger partial charge in [-0.25, -0.2) is 9.78 Å². The second-order valence-corrected chi connectivity index (χ2v) is 5.48. The number of hydrogen-bond donors (Lipinski definition) is 3. The normalized spacial score (nSPS) is 10.7. The number of aromatic amines is 1. The van der Waals surface area contributed by atoms with Crippen molar-refractivity contribution in [2.24, 2.45) is 0 Å². The first kappa shape index (κ1) is 14.1. The molecule has 0 aliphatic rings. The number of rotatable bonds is 2. The van der Waals surface area contributed by atoms with Gasteiger partial charge in [0.1, 0.15) is 0 Å². The van der Waals surface area contributed by atoms with Gasteiger partial charge in [-0.1, -0.05) is 17.7 Å². The zero-order chi connectivity index (χ0) is 15.7. The molecule has 0 atom stereocenters. The molecule has 0 bridgehead atoms. The van der Waals surface area contributed by atoms with Gasteiger partial charge in [-0.15, -0.1) is 0 Å². The van der Waals surface area contributed by atoms with Crippen LogP contribution in [0.25, 0.3) is 11.0 Å². The molecule has 1 aromatic heterocycles. The standard InChI is InChI=1S/C17H18N4O/c1-10-4-6-13(7-5-10)18-17(22)21-16-19-14-8-11(2)12(3)9-15(14)20-16/h4-9H,1-3H3,(H3,18,19,20,21,22). The summed E-state index contributed by atoms with van der Waals surface area (Å²) in [6.45, 7) is 6.09. The quantitative estimate of drug-likeness (QED) is 0.665. The van der Waals surface area contributed by atoms with Crippen molar-refractivity contribution in [3.63, 3.8) is 0 Å². The van der Waals surface area contributed by atoms with E-state index < -0.39 is 0 Å². The summed E-state index contributed by atoms with van der Waals surface area (Å²) in [7, 11) is 0. The fraction of sp³-hybridized carbons (Fsp3) is 0.176. The molecule has 0 saturated carbocycles. The van der Waals surface area contributed by atoms with E-state index in [1.807, 2.05) is 57.2 Å². The Morgan fingerprint density at radius 3 is 2.41 bits per heavy atom. The van der Waals surface area contributed by atoms with Crippen molar-refractivity contribution < 1.29 is 4.79 Å². The molecule has 0 aliphatic carbocycles. The highest BCUT2D eigenvalue weighted by molar-refractivity contribution is 5.99. The molecular weight excluding hydrogens is 276 g/mol. The first-order chi connectivity index (χ1) is 10.5. The fourth-order valence-electron chi connectivity index (χ4n) is 2.24. The zero-order valence-electron chi connectivity index (χ0n) is 12.8. The van der Waals surface area contributed by atoms with Crippen LogP contribution in [0.2, 0.25) is 0 Å². The van der Waals surface area contributed by atoms with Gasteiger partial charge < -0.3 is 10.3 Å². The Hall–Kier alpha value is -2.82. The molecule has 0 aliphatic heterocycles. The predicted octanol–water partition coefficient (Wildman–Crippen LogP) is 4.13. The summed E-state index contributed by atoms with van der Waals surface area (Å²) in [4.78, 5) is 19.5. The molecule has 2 aromatic carbocycles. The second kappa shape index (κ2) is 5.52. The van der Waals surface area contributed by atoms with Crippen LogP contribution < -0.4 is 10.6 Å². The first-order valence-corrected chi connectivity index (χ1v) is 7.13. The lowest BCUT2D eigenvalue weighted by Gasteiger charge is -2.05. The fourth-order valence-corrected chi connectivity index (χ4v) is 2.24. The average molecular weight is 294 g/mol. The topological polar surface area (TPSA) is 69.8 Å². The molecule has 0 spiro atoms. The maximum atomic E-state index is 12.0. The monoisotopic (exact) mass is 294 g/mol. The van der Waals surface area contributed by atoms with Gasteiger partial charge in [0.15, 0.2) is 0 Å². The number of nitrogens with one attached hydrogen (secondary N) is 3. The van der Waals surface area contributed by atoms with Crippen molar-refractivity contribution in [3.05, 3.63) is 53.1 Å². The third-order valence-corrected chi connectivity index (χ3v) is 3.64. The molecule has 0 unspecified atom stereocenters. The van der Waals surface area contributed by atoms with Crippen molar-refractivity contribution in [1.82, 2.24) is 9.97 Å². The smallest absolute Gasteiger partial charge is 0.324 e. The third kappa shape index (κ3) is 2.93. The first-order valence-electron chi connectivity index (χ1n) is 7.13. The minimum absolute atomic E-state index is 0.323. The molecular formula is C17H18N4O. The maximum absolute atomic E-state index is 12.0. The number of aromatic nitrogens is 2. The lowest BCUT2D eigenvalue weighted by Crippen LogP contribution is -2.20. The van der Waals surface area contributed by atoms with E-state index in [9.17, 15) is 4.79 Å². The molecule has 2 amide bonds. The number of aryl methyl sites for hydroxylation is 3. The van der Waals surface area contributed by atoms with E-state index >= 15 is 0 Å². The molecule has 0 fully saturated rings. The van der Waals surface area contributed by atoms with Crippen molar-refractivity contribution in [2.75, 3.05) is 10.6 Å². The number of fused-ring (bicyclic) bond motifs is 1. The van der Waals surface area contributed by atoms with E-state index in [1.54, 1.807) is 0 Å². The molecule has 3 rings (SSSR count). The van der Waals surface area contributed by atoms with Crippen LogP contribution in [-0.4, -0.2) is 16.0 Å². The molecule has 22 heavy (non-hydrogen) atoms. The molecule has 112 valence electrons. The Balaban J connectivity index is 1.75. The van der Waals surface area contributed by atoms with Gasteiger partial charge in [0, 0.05) is 5.69 Å². The van der Waals surface area contributed by atoms with Crippen molar-refractivity contribution in [3.8, 4) is 0 Å². The van der Waals surface area contributed by atoms with Crippen molar-refractivity contribution in [1.29, 1.82) is 0 Å². The second-order valence-electron chi connectivity index (χ2n) is 5.48. The summed E-state index contributed by atoms with van der Waals surface area (Å²) in [6.07, 6.45) is 0. The number of benzene rings is 2. The summed E-state index contributed by atoms with van der Waals surface area (Å²) >= 11 is 0. The summed E-state index contributed by atoms with van der Waals surface area (Å²) < 4.78 is 0. The average Bonchev–Trinajstić information content (AvgIpc) is 2.83. The number of amides is 2. The van der Waals surface area contributed by atoms with Crippen molar-refractivity contribution in [2.45, 2.75) is 20.8 Å². The van der Waals surface area contributed by atoms with Crippen LogP contribution >= 0.6 is 0 Å². The van der Waals surface area contributed by atoms with Crippen LogP contribution in [0.5, 0.6) is 0 Å². The van der Waals surface area contributed by atoms with Gasteiger partial charge in [-0.2, -0.15) is 0 Å². The SMILES string of the molecule is Cc1ccc(NC(=O)Nc2nc3cc(C)c(C)cc3[nH]2)cc1. The van der Waals surface area contributed by atoms with Crippen LogP contribution in [0.1, 0.15) is 16.7 Å². The molecule has 3 N–H and O–H groups in total. The third-order valence-electron chi connectivity index (χ3n) is 3.64. The number of carbonyl (C=O) groups is 1. The van der Waals surface area contributed by atoms with E-state index in [2.05, 4.69) is 20.6 Å². The van der Waals surface area contributed by atoms with E-state index in [4.69, 9.17) is 0 Å². The van der Waals surface area contributed by atoms with Gasteiger partial charge in [0.25, 0.3) is 0 Å². The predicted molar refractivity (Wildman–Crippen MR) is 89.4 cm³/mol. The minimum Gasteiger partial charge on any atom is -0.324 e. The summed E-state index contributed by atoms with van der Waals surface area (Å²) in [5.74, 6) is 0.435. The molecule has 0 radical (unpaired) electrons. The largest absolute Gasteiger partial charge is 0.326 e. The highest BCUT2D eigenvalue weighted by Gasteiger charge is 2.08. The number of urea groups is 1. The molecule has 1 heterocycles. The Bertz CT molecular complexity index is 795. The van der Waals surface area contributed by atoms with E-state index in [-0.39, 0.29) is 6.03 Å².